The number of nitrogens with one attached hydrogen (secondary N) is 1. The highest BCUT2D eigenvalue weighted by Gasteiger charge is 2.51. The quantitative estimate of drug-likeness (QED) is 0.536. The van der Waals surface area contributed by atoms with E-state index in [4.69, 9.17) is 11.6 Å². The second-order valence-corrected chi connectivity index (χ2v) is 7.33. The van der Waals surface area contributed by atoms with Gasteiger partial charge in [-0.1, -0.05) is 35.9 Å². The van der Waals surface area contributed by atoms with E-state index >= 15 is 0 Å². The highest BCUT2D eigenvalue weighted by molar-refractivity contribution is 6.31. The second-order valence-electron chi connectivity index (χ2n) is 6.92. The van der Waals surface area contributed by atoms with Crippen LogP contribution >= 0.6 is 11.6 Å². The van der Waals surface area contributed by atoms with E-state index in [1.165, 1.54) is 0 Å². The minimum absolute atomic E-state index is 0.168. The van der Waals surface area contributed by atoms with E-state index < -0.39 is 5.66 Å². The molecule has 1 aliphatic rings. The largest absolute Gasteiger partial charge is 0.330 e. The first-order valence-electron chi connectivity index (χ1n) is 8.77. The highest BCUT2D eigenvalue weighted by Crippen LogP contribution is 2.40. The molecule has 1 unspecified atom stereocenters. The van der Waals surface area contributed by atoms with Crippen molar-refractivity contribution in [1.82, 2.24) is 25.0 Å². The molecule has 28 heavy (non-hydrogen) atoms. The molecule has 3 aromatic rings. The Labute approximate surface area is 166 Å². The molecule has 1 aliphatic heterocycles. The maximum absolute atomic E-state index is 12.5. The van der Waals surface area contributed by atoms with Crippen molar-refractivity contribution in [3.05, 3.63) is 86.4 Å². The van der Waals surface area contributed by atoms with Gasteiger partial charge in [-0.2, -0.15) is 0 Å². The SMILES string of the molecule is CN(C)Cc1nnc2n1-c1ccccc1C(c1ccccc1Cl)([N+](=O)[O-])NC2. The first kappa shape index (κ1) is 18.5. The summed E-state index contributed by atoms with van der Waals surface area (Å²) in [7, 11) is 3.88. The summed E-state index contributed by atoms with van der Waals surface area (Å²) in [6.07, 6.45) is 0. The van der Waals surface area contributed by atoms with Gasteiger partial charge in [0.05, 0.1) is 39.8 Å². The van der Waals surface area contributed by atoms with Crippen molar-refractivity contribution in [2.75, 3.05) is 14.1 Å². The Bertz CT molecular complexity index is 1050. The van der Waals surface area contributed by atoms with E-state index in [1.807, 2.05) is 35.7 Å². The summed E-state index contributed by atoms with van der Waals surface area (Å²) in [5.74, 6) is 1.33. The third kappa shape index (κ3) is 2.77. The van der Waals surface area contributed by atoms with Gasteiger partial charge < -0.3 is 4.90 Å². The molecule has 0 amide bonds. The fourth-order valence-electron chi connectivity index (χ4n) is 3.66. The lowest BCUT2D eigenvalue weighted by Gasteiger charge is -2.27. The van der Waals surface area contributed by atoms with Crippen molar-refractivity contribution < 1.29 is 4.92 Å². The number of benzene rings is 2. The zero-order valence-corrected chi connectivity index (χ0v) is 16.2. The molecule has 0 fully saturated rings. The first-order chi connectivity index (χ1) is 13.4. The molecule has 4 rings (SSSR count). The van der Waals surface area contributed by atoms with Crippen LogP contribution in [0.2, 0.25) is 5.02 Å². The van der Waals surface area contributed by atoms with Crippen LogP contribution < -0.4 is 5.32 Å². The van der Waals surface area contributed by atoms with Gasteiger partial charge in [-0.3, -0.25) is 14.7 Å². The van der Waals surface area contributed by atoms with E-state index in [0.29, 0.717) is 40.0 Å². The molecule has 0 bridgehead atoms. The van der Waals surface area contributed by atoms with Gasteiger partial charge in [-0.05, 0) is 38.4 Å². The predicted octanol–water partition coefficient (Wildman–Crippen LogP) is 2.56. The third-order valence-corrected chi connectivity index (χ3v) is 5.16. The van der Waals surface area contributed by atoms with Crippen LogP contribution in [0, 0.1) is 10.1 Å². The summed E-state index contributed by atoms with van der Waals surface area (Å²) >= 11 is 6.41. The number of hydrogen-bond acceptors (Lipinski definition) is 6. The van der Waals surface area contributed by atoms with E-state index in [-0.39, 0.29) is 11.5 Å². The third-order valence-electron chi connectivity index (χ3n) is 4.83. The molecule has 1 N–H and O–H groups in total. The molecule has 1 atom stereocenters. The van der Waals surface area contributed by atoms with Crippen molar-refractivity contribution >= 4 is 11.6 Å². The smallest absolute Gasteiger partial charge is 0.302 e. The van der Waals surface area contributed by atoms with Crippen LogP contribution in [0.25, 0.3) is 5.69 Å². The number of fused-ring (bicyclic) bond motifs is 3. The van der Waals surface area contributed by atoms with Crippen molar-refractivity contribution in [2.45, 2.75) is 18.8 Å². The van der Waals surface area contributed by atoms with Gasteiger partial charge in [0.2, 0.25) is 0 Å². The number of halogens is 1. The van der Waals surface area contributed by atoms with Crippen molar-refractivity contribution in [1.29, 1.82) is 0 Å². The van der Waals surface area contributed by atoms with Crippen LogP contribution in [0.1, 0.15) is 22.8 Å². The number of aromatic nitrogens is 3. The lowest BCUT2D eigenvalue weighted by Crippen LogP contribution is -2.49. The molecule has 0 saturated heterocycles. The van der Waals surface area contributed by atoms with Gasteiger partial charge >= 0.3 is 5.66 Å². The molecular weight excluding hydrogens is 380 g/mol. The molecule has 2 heterocycles. The van der Waals surface area contributed by atoms with Gasteiger partial charge in [0, 0.05) is 0 Å². The molecule has 144 valence electrons. The predicted molar refractivity (Wildman–Crippen MR) is 105 cm³/mol. The van der Waals surface area contributed by atoms with E-state index in [2.05, 4.69) is 15.5 Å². The van der Waals surface area contributed by atoms with Crippen LogP contribution in [0.5, 0.6) is 0 Å². The number of nitrogens with zero attached hydrogens (tertiary/aromatic N) is 5. The molecule has 0 spiro atoms. The summed E-state index contributed by atoms with van der Waals surface area (Å²) in [5, 5.41) is 24.5. The van der Waals surface area contributed by atoms with Crippen LogP contribution in [0.15, 0.2) is 48.5 Å². The Balaban J connectivity index is 2.02. The summed E-state index contributed by atoms with van der Waals surface area (Å²) in [4.78, 5) is 14.2. The molecule has 9 heteroatoms. The molecule has 2 aromatic carbocycles. The second kappa shape index (κ2) is 6.97. The zero-order valence-electron chi connectivity index (χ0n) is 15.5. The Hall–Kier alpha value is -2.81. The Morgan fingerprint density at radius 3 is 2.54 bits per heavy atom. The first-order valence-corrected chi connectivity index (χ1v) is 9.15. The van der Waals surface area contributed by atoms with E-state index in [9.17, 15) is 10.1 Å². The summed E-state index contributed by atoms with van der Waals surface area (Å²) in [6.45, 7) is 0.722. The molecule has 0 saturated carbocycles. The average Bonchev–Trinajstić information content (AvgIpc) is 2.98. The Morgan fingerprint density at radius 2 is 1.86 bits per heavy atom. The Kier molecular flexibility index (Phi) is 4.62. The fraction of sp³-hybridized carbons (Fsp3) is 0.263. The van der Waals surface area contributed by atoms with Crippen LogP contribution in [0.3, 0.4) is 0 Å². The monoisotopic (exact) mass is 398 g/mol. The molecule has 8 nitrogen and oxygen atoms in total. The van der Waals surface area contributed by atoms with Gasteiger partial charge in [0.1, 0.15) is 0 Å². The topological polar surface area (TPSA) is 89.1 Å². The van der Waals surface area contributed by atoms with Crippen LogP contribution in [-0.2, 0) is 18.8 Å². The highest BCUT2D eigenvalue weighted by atomic mass is 35.5. The maximum atomic E-state index is 12.5. The minimum atomic E-state index is -1.70. The number of rotatable bonds is 4. The molecule has 0 aliphatic carbocycles. The fourth-order valence-corrected chi connectivity index (χ4v) is 3.94. The Morgan fingerprint density at radius 1 is 1.18 bits per heavy atom. The van der Waals surface area contributed by atoms with Crippen molar-refractivity contribution in [3.63, 3.8) is 0 Å². The van der Waals surface area contributed by atoms with Crippen LogP contribution in [0.4, 0.5) is 0 Å². The summed E-state index contributed by atoms with van der Waals surface area (Å²) in [5.41, 5.74) is -0.153. The standard InChI is InChI=1S/C19H19ClN6O2/c1-24(2)12-18-23-22-17-11-21-19(26(27)28,13-7-3-5-9-15(13)20)14-8-4-6-10-16(14)25(17)18/h3-10,21H,11-12H2,1-2H3. The molecular formula is C19H19ClN6O2. The van der Waals surface area contributed by atoms with Crippen LogP contribution in [-0.4, -0.2) is 38.7 Å². The van der Waals surface area contributed by atoms with Gasteiger partial charge in [0.25, 0.3) is 0 Å². The van der Waals surface area contributed by atoms with E-state index in [0.717, 1.165) is 0 Å². The summed E-state index contributed by atoms with van der Waals surface area (Å²) in [6, 6.07) is 14.1. The van der Waals surface area contributed by atoms with Gasteiger partial charge in [-0.15, -0.1) is 10.2 Å². The zero-order chi connectivity index (χ0) is 19.9. The van der Waals surface area contributed by atoms with Crippen molar-refractivity contribution in [2.24, 2.45) is 0 Å². The number of hydrogen-bond donors (Lipinski definition) is 1. The number of para-hydroxylation sites is 1. The van der Waals surface area contributed by atoms with Gasteiger partial charge in [0.15, 0.2) is 11.6 Å². The average molecular weight is 399 g/mol. The maximum Gasteiger partial charge on any atom is 0.330 e. The normalized spacial score (nSPS) is 18.4. The van der Waals surface area contributed by atoms with Crippen molar-refractivity contribution in [3.8, 4) is 5.69 Å². The van der Waals surface area contributed by atoms with Gasteiger partial charge in [-0.25, -0.2) is 5.32 Å². The minimum Gasteiger partial charge on any atom is -0.302 e. The number of nitro groups is 1. The molecule has 1 aromatic heterocycles. The lowest BCUT2D eigenvalue weighted by molar-refractivity contribution is -0.574. The molecule has 0 radical (unpaired) electrons. The summed E-state index contributed by atoms with van der Waals surface area (Å²) < 4.78 is 1.89. The van der Waals surface area contributed by atoms with E-state index in [1.54, 1.807) is 36.4 Å². The lowest BCUT2D eigenvalue weighted by atomic mass is 9.90.